The molecule has 0 aromatic rings. The Balaban J connectivity index is 2.35. The summed E-state index contributed by atoms with van der Waals surface area (Å²) in [5.74, 6) is -0.695. The van der Waals surface area contributed by atoms with Crippen LogP contribution in [0.5, 0.6) is 0 Å². The quantitative estimate of drug-likeness (QED) is 0.624. The van der Waals surface area contributed by atoms with Crippen molar-refractivity contribution in [2.24, 2.45) is 0 Å². The lowest BCUT2D eigenvalue weighted by molar-refractivity contribution is -0.141. The number of rotatable bonds is 10. The van der Waals surface area contributed by atoms with Crippen molar-refractivity contribution in [3.05, 3.63) is 0 Å². The van der Waals surface area contributed by atoms with Gasteiger partial charge in [0.15, 0.2) is 0 Å². The standard InChI is InChI=1S/C15H29NO4/c1-16(9-12-20-11-6-10-19-2)15(13-14(17)18)7-4-3-5-8-15/h3-13H2,1-2H3,(H,17,18). The highest BCUT2D eigenvalue weighted by molar-refractivity contribution is 5.68. The fourth-order valence-corrected chi connectivity index (χ4v) is 3.03. The van der Waals surface area contributed by atoms with E-state index in [1.54, 1.807) is 7.11 Å². The number of hydrogen-bond acceptors (Lipinski definition) is 4. The summed E-state index contributed by atoms with van der Waals surface area (Å²) >= 11 is 0. The fourth-order valence-electron chi connectivity index (χ4n) is 3.03. The van der Waals surface area contributed by atoms with E-state index in [1.165, 1.54) is 6.42 Å². The predicted molar refractivity (Wildman–Crippen MR) is 78.0 cm³/mol. The molecule has 0 atom stereocenters. The molecule has 0 aromatic carbocycles. The van der Waals surface area contributed by atoms with E-state index < -0.39 is 5.97 Å². The van der Waals surface area contributed by atoms with E-state index >= 15 is 0 Å². The van der Waals surface area contributed by atoms with Gasteiger partial charge in [0.25, 0.3) is 0 Å². The van der Waals surface area contributed by atoms with Gasteiger partial charge < -0.3 is 14.6 Å². The number of hydrogen-bond donors (Lipinski definition) is 1. The Morgan fingerprint density at radius 2 is 1.90 bits per heavy atom. The van der Waals surface area contributed by atoms with Gasteiger partial charge in [-0.05, 0) is 26.3 Å². The highest BCUT2D eigenvalue weighted by Crippen LogP contribution is 2.35. The van der Waals surface area contributed by atoms with Crippen molar-refractivity contribution in [2.45, 2.75) is 50.5 Å². The van der Waals surface area contributed by atoms with Gasteiger partial charge in [-0.2, -0.15) is 0 Å². The van der Waals surface area contributed by atoms with Gasteiger partial charge in [-0.25, -0.2) is 0 Å². The van der Waals surface area contributed by atoms with Crippen LogP contribution in [0.15, 0.2) is 0 Å². The Kier molecular flexibility index (Phi) is 8.11. The summed E-state index contributed by atoms with van der Waals surface area (Å²) in [6, 6.07) is 0. The van der Waals surface area contributed by atoms with Gasteiger partial charge in [0.2, 0.25) is 0 Å². The van der Waals surface area contributed by atoms with E-state index in [9.17, 15) is 9.90 Å². The number of aliphatic carboxylic acids is 1. The van der Waals surface area contributed by atoms with Gasteiger partial charge in [-0.3, -0.25) is 9.69 Å². The molecule has 0 aromatic heterocycles. The minimum atomic E-state index is -0.695. The van der Waals surface area contributed by atoms with Crippen molar-refractivity contribution >= 4 is 5.97 Å². The molecule has 0 aliphatic heterocycles. The Morgan fingerprint density at radius 1 is 1.20 bits per heavy atom. The average Bonchev–Trinajstić information content (AvgIpc) is 2.42. The van der Waals surface area contributed by atoms with Crippen molar-refractivity contribution in [3.8, 4) is 0 Å². The summed E-state index contributed by atoms with van der Waals surface area (Å²) in [4.78, 5) is 13.4. The fraction of sp³-hybridized carbons (Fsp3) is 0.933. The third-order valence-corrected chi connectivity index (χ3v) is 4.28. The van der Waals surface area contributed by atoms with E-state index in [1.807, 2.05) is 7.05 Å². The summed E-state index contributed by atoms with van der Waals surface area (Å²) in [7, 11) is 3.72. The molecule has 0 heterocycles. The number of ether oxygens (including phenoxy) is 2. The number of nitrogens with zero attached hydrogens (tertiary/aromatic N) is 1. The smallest absolute Gasteiger partial charge is 0.305 e. The first-order valence-electron chi connectivity index (χ1n) is 7.60. The molecule has 0 saturated heterocycles. The number of carbonyl (C=O) groups is 1. The molecular formula is C15H29NO4. The normalized spacial score (nSPS) is 18.4. The molecule has 5 heteroatoms. The first-order chi connectivity index (χ1) is 9.60. The second kappa shape index (κ2) is 9.32. The van der Waals surface area contributed by atoms with Crippen molar-refractivity contribution in [2.75, 3.05) is 40.5 Å². The van der Waals surface area contributed by atoms with Gasteiger partial charge in [0.05, 0.1) is 13.0 Å². The van der Waals surface area contributed by atoms with E-state index in [0.29, 0.717) is 13.2 Å². The first-order valence-corrected chi connectivity index (χ1v) is 7.60. The Morgan fingerprint density at radius 3 is 2.50 bits per heavy atom. The molecule has 1 fully saturated rings. The van der Waals surface area contributed by atoms with Crippen LogP contribution in [-0.4, -0.2) is 62.0 Å². The minimum absolute atomic E-state index is 0.167. The molecule has 1 aliphatic rings. The summed E-state index contributed by atoms with van der Waals surface area (Å²) in [5, 5.41) is 9.18. The molecule has 1 aliphatic carbocycles. The molecule has 0 radical (unpaired) electrons. The Bertz CT molecular complexity index is 277. The molecular weight excluding hydrogens is 258 g/mol. The summed E-state index contributed by atoms with van der Waals surface area (Å²) < 4.78 is 10.5. The highest BCUT2D eigenvalue weighted by atomic mass is 16.5. The van der Waals surface area contributed by atoms with Gasteiger partial charge in [0, 0.05) is 32.4 Å². The minimum Gasteiger partial charge on any atom is -0.481 e. The second-order valence-corrected chi connectivity index (χ2v) is 5.74. The zero-order chi connectivity index (χ0) is 14.8. The lowest BCUT2D eigenvalue weighted by Crippen LogP contribution is -2.50. The SMILES string of the molecule is COCCCOCCN(C)C1(CC(=O)O)CCCCC1. The van der Waals surface area contributed by atoms with Crippen LogP contribution in [0.2, 0.25) is 0 Å². The van der Waals surface area contributed by atoms with Crippen molar-refractivity contribution in [1.29, 1.82) is 0 Å². The maximum Gasteiger partial charge on any atom is 0.305 e. The first kappa shape index (κ1) is 17.4. The molecule has 1 N–H and O–H groups in total. The van der Waals surface area contributed by atoms with Gasteiger partial charge in [0.1, 0.15) is 0 Å². The third-order valence-electron chi connectivity index (χ3n) is 4.28. The highest BCUT2D eigenvalue weighted by Gasteiger charge is 2.37. The zero-order valence-electron chi connectivity index (χ0n) is 12.9. The van der Waals surface area contributed by atoms with Crippen LogP contribution < -0.4 is 0 Å². The Labute approximate surface area is 122 Å². The van der Waals surface area contributed by atoms with Crippen LogP contribution in [0.4, 0.5) is 0 Å². The maximum atomic E-state index is 11.2. The van der Waals surface area contributed by atoms with E-state index in [0.717, 1.165) is 45.3 Å². The molecule has 0 unspecified atom stereocenters. The third kappa shape index (κ3) is 5.77. The molecule has 20 heavy (non-hydrogen) atoms. The predicted octanol–water partition coefficient (Wildman–Crippen LogP) is 2.15. The van der Waals surface area contributed by atoms with E-state index in [-0.39, 0.29) is 12.0 Å². The van der Waals surface area contributed by atoms with Crippen LogP contribution in [0.3, 0.4) is 0 Å². The lowest BCUT2D eigenvalue weighted by atomic mass is 9.78. The van der Waals surface area contributed by atoms with Crippen molar-refractivity contribution in [1.82, 2.24) is 4.90 Å². The summed E-state index contributed by atoms with van der Waals surface area (Å²) in [5.41, 5.74) is -0.167. The van der Waals surface area contributed by atoms with E-state index in [2.05, 4.69) is 4.90 Å². The molecule has 118 valence electrons. The topological polar surface area (TPSA) is 59.0 Å². The summed E-state index contributed by atoms with van der Waals surface area (Å²) in [6.45, 7) is 2.87. The van der Waals surface area contributed by atoms with Crippen LogP contribution in [0.25, 0.3) is 0 Å². The average molecular weight is 287 g/mol. The van der Waals surface area contributed by atoms with Gasteiger partial charge in [-0.15, -0.1) is 0 Å². The van der Waals surface area contributed by atoms with Crippen molar-refractivity contribution in [3.63, 3.8) is 0 Å². The molecule has 5 nitrogen and oxygen atoms in total. The van der Waals surface area contributed by atoms with Crippen molar-refractivity contribution < 1.29 is 19.4 Å². The largest absolute Gasteiger partial charge is 0.481 e. The number of carboxylic acid groups (broad SMARTS) is 1. The lowest BCUT2D eigenvalue weighted by Gasteiger charge is -2.44. The summed E-state index contributed by atoms with van der Waals surface area (Å²) in [6.07, 6.45) is 6.61. The zero-order valence-corrected chi connectivity index (χ0v) is 12.9. The van der Waals surface area contributed by atoms with Crippen LogP contribution in [0, 0.1) is 0 Å². The van der Waals surface area contributed by atoms with Gasteiger partial charge >= 0.3 is 5.97 Å². The van der Waals surface area contributed by atoms with Gasteiger partial charge in [-0.1, -0.05) is 19.3 Å². The molecule has 0 bridgehead atoms. The van der Waals surface area contributed by atoms with E-state index in [4.69, 9.17) is 9.47 Å². The monoisotopic (exact) mass is 287 g/mol. The van der Waals surface area contributed by atoms with Crippen LogP contribution >= 0.6 is 0 Å². The van der Waals surface area contributed by atoms with Crippen LogP contribution in [0.1, 0.15) is 44.9 Å². The molecule has 1 rings (SSSR count). The number of methoxy groups -OCH3 is 1. The van der Waals surface area contributed by atoms with Crippen LogP contribution in [-0.2, 0) is 14.3 Å². The molecule has 0 amide bonds. The molecule has 0 spiro atoms. The number of likely N-dealkylation sites (N-methyl/N-ethyl adjacent to an activating group) is 1. The number of carboxylic acids is 1. The maximum absolute atomic E-state index is 11.2. The Hall–Kier alpha value is -0.650. The second-order valence-electron chi connectivity index (χ2n) is 5.74. The molecule has 1 saturated carbocycles.